The third-order valence-corrected chi connectivity index (χ3v) is 14.2. The molecule has 2 saturated heterocycles. The van der Waals surface area contributed by atoms with Crippen molar-refractivity contribution in [1.29, 1.82) is 0 Å². The van der Waals surface area contributed by atoms with Gasteiger partial charge in [-0.05, 0) is 131 Å². The molecule has 10 nitrogen and oxygen atoms in total. The van der Waals surface area contributed by atoms with Crippen molar-refractivity contribution in [2.45, 2.75) is 129 Å². The van der Waals surface area contributed by atoms with Crippen molar-refractivity contribution in [3.05, 3.63) is 107 Å². The first-order valence-electron chi connectivity index (χ1n) is 22.9. The summed E-state index contributed by atoms with van der Waals surface area (Å²) in [4.78, 5) is 54.1. The highest BCUT2D eigenvalue weighted by Gasteiger charge is 2.39. The predicted molar refractivity (Wildman–Crippen MR) is 236 cm³/mol. The number of H-pyrrole nitrogens is 2. The van der Waals surface area contributed by atoms with Gasteiger partial charge < -0.3 is 24.7 Å². The number of carbonyl (C=O) groups excluding carboxylic acids is 2. The molecule has 3 aromatic rings. The van der Waals surface area contributed by atoms with E-state index in [0.717, 1.165) is 145 Å². The molecule has 0 bridgehead atoms. The quantitative estimate of drug-likeness (QED) is 0.169. The van der Waals surface area contributed by atoms with Crippen LogP contribution >= 0.6 is 0 Å². The fourth-order valence-electron chi connectivity index (χ4n) is 10.8. The highest BCUT2D eigenvalue weighted by Crippen LogP contribution is 2.40. The van der Waals surface area contributed by atoms with E-state index in [2.05, 4.69) is 93.7 Å². The minimum absolute atomic E-state index is 0.0418. The Morgan fingerprint density at radius 1 is 0.661 bits per heavy atom. The van der Waals surface area contributed by atoms with Gasteiger partial charge in [0.05, 0.1) is 35.9 Å². The van der Waals surface area contributed by atoms with Crippen LogP contribution in [0.2, 0.25) is 0 Å². The van der Waals surface area contributed by atoms with Gasteiger partial charge in [0.2, 0.25) is 11.8 Å². The van der Waals surface area contributed by atoms with Crippen LogP contribution in [-0.4, -0.2) is 96.7 Å². The predicted octanol–water partition coefficient (Wildman–Crippen LogP) is 9.35. The number of likely N-dealkylation sites (tertiary alicyclic amines) is 2. The molecule has 1 saturated carbocycles. The van der Waals surface area contributed by atoms with E-state index in [-0.39, 0.29) is 30.0 Å². The molecule has 8 rings (SSSR count). The topological polar surface area (TPSA) is 104 Å². The van der Waals surface area contributed by atoms with Crippen LogP contribution in [0, 0.1) is 5.92 Å². The lowest BCUT2D eigenvalue weighted by molar-refractivity contribution is -0.139. The van der Waals surface area contributed by atoms with Gasteiger partial charge in [-0.25, -0.2) is 9.97 Å². The van der Waals surface area contributed by atoms with Gasteiger partial charge in [-0.3, -0.25) is 14.5 Å². The van der Waals surface area contributed by atoms with Crippen molar-refractivity contribution in [2.75, 3.05) is 39.3 Å². The largest absolute Gasteiger partial charge is 0.341 e. The molecule has 0 radical (unpaired) electrons. The molecule has 2 aliphatic heterocycles. The first kappa shape index (κ1) is 41.2. The Bertz CT molecular complexity index is 2040. The number of imidazole rings is 2. The van der Waals surface area contributed by atoms with Gasteiger partial charge in [0.25, 0.3) is 0 Å². The van der Waals surface area contributed by atoms with Gasteiger partial charge in [0, 0.05) is 25.0 Å². The van der Waals surface area contributed by atoms with Crippen LogP contribution in [-0.2, 0) is 9.59 Å². The molecular formula is C49H66N8O2. The Morgan fingerprint density at radius 3 is 1.68 bits per heavy atom. The molecule has 314 valence electrons. The number of allylic oxidation sites excluding steroid dienone is 8. The number of nitrogens with one attached hydrogen (secondary N) is 2. The van der Waals surface area contributed by atoms with Crippen LogP contribution in [0.3, 0.4) is 0 Å². The van der Waals surface area contributed by atoms with Crippen molar-refractivity contribution in [3.8, 4) is 0 Å². The second-order valence-electron chi connectivity index (χ2n) is 17.3. The first-order chi connectivity index (χ1) is 28.9. The molecule has 2 aromatic heterocycles. The molecule has 0 unspecified atom stereocenters. The monoisotopic (exact) mass is 799 g/mol. The Kier molecular flexibility index (Phi) is 13.1. The molecule has 5 aliphatic rings. The van der Waals surface area contributed by atoms with Crippen molar-refractivity contribution in [2.24, 2.45) is 5.92 Å². The van der Waals surface area contributed by atoms with Gasteiger partial charge in [-0.15, -0.1) is 0 Å². The minimum Gasteiger partial charge on any atom is -0.341 e. The van der Waals surface area contributed by atoms with Crippen LogP contribution in [0.25, 0.3) is 11.1 Å². The zero-order chi connectivity index (χ0) is 40.9. The van der Waals surface area contributed by atoms with Crippen LogP contribution in [0.4, 0.5) is 0 Å². The minimum atomic E-state index is -0.291. The second kappa shape index (κ2) is 18.8. The van der Waals surface area contributed by atoms with Crippen molar-refractivity contribution in [1.82, 2.24) is 39.5 Å². The Labute approximate surface area is 351 Å². The fraction of sp³-hybridized carbons (Fsp3) is 0.551. The number of nitrogens with zero attached hydrogens (tertiary/aromatic N) is 6. The van der Waals surface area contributed by atoms with E-state index in [0.29, 0.717) is 11.9 Å². The van der Waals surface area contributed by atoms with Crippen molar-refractivity contribution >= 4 is 23.0 Å². The SMILES string of the molecule is CCN(CC)C1CCC(C(=O)N2CCC[C@H]2c2ncc(C3=CC=C(C4=CC=C(c5cnc([C@@H]6CCCN6C(=O)[C@@H](c6ccccc6)N(CC)CC)[nH]5)CC4)CC3)[nH]2)CC1. The maximum Gasteiger partial charge on any atom is 0.245 e. The summed E-state index contributed by atoms with van der Waals surface area (Å²) in [5.74, 6) is 2.49. The number of likely N-dealkylation sites (N-methyl/N-ethyl adjacent to an activating group) is 1. The molecular weight excluding hydrogens is 733 g/mol. The van der Waals surface area contributed by atoms with Crippen molar-refractivity contribution < 1.29 is 9.59 Å². The average molecular weight is 799 g/mol. The van der Waals surface area contributed by atoms with Crippen LogP contribution < -0.4 is 0 Å². The molecule has 2 amide bonds. The molecule has 2 N–H and O–H groups in total. The maximum atomic E-state index is 14.3. The number of hydrogen-bond acceptors (Lipinski definition) is 6. The summed E-state index contributed by atoms with van der Waals surface area (Å²) < 4.78 is 0. The van der Waals surface area contributed by atoms with E-state index in [1.807, 2.05) is 30.6 Å². The summed E-state index contributed by atoms with van der Waals surface area (Å²) in [7, 11) is 0. The lowest BCUT2D eigenvalue weighted by atomic mass is 9.84. The Balaban J connectivity index is 0.893. The van der Waals surface area contributed by atoms with Gasteiger partial charge in [-0.2, -0.15) is 0 Å². The molecule has 10 heteroatoms. The molecule has 1 aromatic carbocycles. The van der Waals surface area contributed by atoms with Gasteiger partial charge >= 0.3 is 0 Å². The summed E-state index contributed by atoms with van der Waals surface area (Å²) in [5.41, 5.74) is 8.53. The second-order valence-corrected chi connectivity index (χ2v) is 17.3. The number of aromatic amines is 2. The van der Waals surface area contributed by atoms with Crippen LogP contribution in [0.5, 0.6) is 0 Å². The van der Waals surface area contributed by atoms with E-state index in [4.69, 9.17) is 9.97 Å². The summed E-state index contributed by atoms with van der Waals surface area (Å²) >= 11 is 0. The normalized spacial score (nSPS) is 24.3. The third kappa shape index (κ3) is 8.71. The first-order valence-corrected chi connectivity index (χ1v) is 22.9. The molecule has 3 aliphatic carbocycles. The van der Waals surface area contributed by atoms with Crippen LogP contribution in [0.15, 0.2) is 78.2 Å². The fourth-order valence-corrected chi connectivity index (χ4v) is 10.8. The summed E-state index contributed by atoms with van der Waals surface area (Å²) in [6.07, 6.45) is 25.1. The lowest BCUT2D eigenvalue weighted by Crippen LogP contribution is -2.43. The van der Waals surface area contributed by atoms with E-state index in [1.165, 1.54) is 22.3 Å². The molecule has 3 atom stereocenters. The summed E-state index contributed by atoms with van der Waals surface area (Å²) in [6.45, 7) is 14.2. The molecule has 59 heavy (non-hydrogen) atoms. The average Bonchev–Trinajstić information content (AvgIpc) is 4.14. The number of carbonyl (C=O) groups is 2. The lowest BCUT2D eigenvalue weighted by Gasteiger charge is -2.37. The zero-order valence-corrected chi connectivity index (χ0v) is 36.0. The van der Waals surface area contributed by atoms with Gasteiger partial charge in [0.1, 0.15) is 17.7 Å². The zero-order valence-electron chi connectivity index (χ0n) is 36.0. The van der Waals surface area contributed by atoms with E-state index >= 15 is 0 Å². The number of hydrogen-bond donors (Lipinski definition) is 2. The summed E-state index contributed by atoms with van der Waals surface area (Å²) in [5, 5.41) is 0. The summed E-state index contributed by atoms with van der Waals surface area (Å²) in [6, 6.07) is 10.6. The van der Waals surface area contributed by atoms with Crippen LogP contribution in [0.1, 0.15) is 151 Å². The Morgan fingerprint density at radius 2 is 1.17 bits per heavy atom. The van der Waals surface area contributed by atoms with Crippen molar-refractivity contribution in [3.63, 3.8) is 0 Å². The van der Waals surface area contributed by atoms with E-state index in [1.54, 1.807) is 0 Å². The third-order valence-electron chi connectivity index (χ3n) is 14.2. The highest BCUT2D eigenvalue weighted by molar-refractivity contribution is 5.84. The number of aromatic nitrogens is 4. The van der Waals surface area contributed by atoms with Gasteiger partial charge in [-0.1, -0.05) is 82.3 Å². The Hall–Kier alpha value is -4.54. The molecule has 4 heterocycles. The van der Waals surface area contributed by atoms with E-state index < -0.39 is 0 Å². The highest BCUT2D eigenvalue weighted by atomic mass is 16.2. The number of amides is 2. The standard InChI is InChI=1S/C49H66N8O2/c1-5-54(6-2)40-28-26-39(27-29-40)48(58)56-30-12-16-43(56)46-50-32-41(52-46)36-22-18-34(19-23-36)35-20-24-37(25-21-35)42-33-51-47(53-42)44-17-13-31-57(44)49(59)45(55(7-3)8-4)38-14-10-9-11-15-38/h9-11,14-15,18,20,22,24,32-33,39-40,43-45H,5-8,12-13,16-17,19,21,23,25-31H2,1-4H3,(H,50,52)(H,51,53)/t39?,40?,43-,44-,45+/m0/s1. The molecule has 0 spiro atoms. The van der Waals surface area contributed by atoms with E-state index in [9.17, 15) is 9.59 Å². The molecule has 3 fully saturated rings. The smallest absolute Gasteiger partial charge is 0.245 e. The van der Waals surface area contributed by atoms with Gasteiger partial charge in [0.15, 0.2) is 0 Å². The number of benzene rings is 1. The maximum absolute atomic E-state index is 14.3. The number of rotatable bonds is 14.